The lowest BCUT2D eigenvalue weighted by Crippen LogP contribution is -2.09. The molecule has 3 nitrogen and oxygen atoms in total. The van der Waals surface area contributed by atoms with Crippen LogP contribution in [0, 0.1) is 0 Å². The highest BCUT2D eigenvalue weighted by Crippen LogP contribution is 2.27. The maximum Gasteiger partial charge on any atom is 0.419 e. The number of unbranched alkanes of at least 4 members (excludes halogenated alkanes) is 1. The zero-order valence-corrected chi connectivity index (χ0v) is 8.30. The summed E-state index contributed by atoms with van der Waals surface area (Å²) in [6.45, 7) is 2.69. The van der Waals surface area contributed by atoms with Gasteiger partial charge in [-0.1, -0.05) is 13.3 Å². The highest BCUT2D eigenvalue weighted by atomic mass is 19.4. The summed E-state index contributed by atoms with van der Waals surface area (Å²) < 4.78 is 36.4. The second kappa shape index (κ2) is 4.95. The van der Waals surface area contributed by atoms with Gasteiger partial charge in [-0.25, -0.2) is 9.97 Å². The predicted molar refractivity (Wildman–Crippen MR) is 50.4 cm³/mol. The molecule has 0 aliphatic rings. The van der Waals surface area contributed by atoms with Gasteiger partial charge in [0.25, 0.3) is 0 Å². The van der Waals surface area contributed by atoms with Crippen LogP contribution in [0.2, 0.25) is 0 Å². The van der Waals surface area contributed by atoms with E-state index in [2.05, 4.69) is 15.3 Å². The molecule has 0 aliphatic carbocycles. The quantitative estimate of drug-likeness (QED) is 0.791. The first-order chi connectivity index (χ1) is 7.04. The number of nitrogens with one attached hydrogen (secondary N) is 1. The molecule has 0 unspecified atom stereocenters. The SMILES string of the molecule is CCCCNc1ncc(C(F)(F)F)cn1. The van der Waals surface area contributed by atoms with E-state index in [0.29, 0.717) is 6.54 Å². The third-order valence-corrected chi connectivity index (χ3v) is 1.79. The van der Waals surface area contributed by atoms with Gasteiger partial charge in [-0.2, -0.15) is 13.2 Å². The number of rotatable bonds is 4. The average Bonchev–Trinajstić information content (AvgIpc) is 2.18. The Morgan fingerprint density at radius 2 is 1.87 bits per heavy atom. The van der Waals surface area contributed by atoms with Crippen LogP contribution in [0.5, 0.6) is 0 Å². The van der Waals surface area contributed by atoms with Crippen LogP contribution in [0.3, 0.4) is 0 Å². The normalized spacial score (nSPS) is 11.5. The van der Waals surface area contributed by atoms with Crippen molar-refractivity contribution in [2.75, 3.05) is 11.9 Å². The average molecular weight is 219 g/mol. The molecule has 0 radical (unpaired) electrons. The lowest BCUT2D eigenvalue weighted by atomic mass is 10.3. The smallest absolute Gasteiger partial charge is 0.354 e. The lowest BCUT2D eigenvalue weighted by Gasteiger charge is -2.06. The first kappa shape index (κ1) is 11.7. The van der Waals surface area contributed by atoms with Crippen LogP contribution in [0.15, 0.2) is 12.4 Å². The topological polar surface area (TPSA) is 37.8 Å². The predicted octanol–water partition coefficient (Wildman–Crippen LogP) is 2.71. The molecule has 1 aromatic heterocycles. The Balaban J connectivity index is 2.57. The van der Waals surface area contributed by atoms with E-state index in [4.69, 9.17) is 0 Å². The molecule has 1 rings (SSSR count). The molecule has 1 heterocycles. The number of halogens is 3. The van der Waals surface area contributed by atoms with Crippen molar-refractivity contribution >= 4 is 5.95 Å². The van der Waals surface area contributed by atoms with Crippen molar-refractivity contribution in [3.8, 4) is 0 Å². The lowest BCUT2D eigenvalue weighted by molar-refractivity contribution is -0.138. The second-order valence-electron chi connectivity index (χ2n) is 3.07. The molecule has 0 saturated heterocycles. The molecule has 0 spiro atoms. The molecule has 0 aliphatic heterocycles. The summed E-state index contributed by atoms with van der Waals surface area (Å²) in [5.41, 5.74) is -0.830. The molecule has 0 bridgehead atoms. The van der Waals surface area contributed by atoms with E-state index in [1.165, 1.54) is 0 Å². The Kier molecular flexibility index (Phi) is 3.88. The third kappa shape index (κ3) is 3.73. The van der Waals surface area contributed by atoms with Gasteiger partial charge >= 0.3 is 6.18 Å². The first-order valence-corrected chi connectivity index (χ1v) is 4.67. The van der Waals surface area contributed by atoms with Gasteiger partial charge in [0, 0.05) is 18.9 Å². The van der Waals surface area contributed by atoms with E-state index >= 15 is 0 Å². The Morgan fingerprint density at radius 1 is 1.27 bits per heavy atom. The minimum atomic E-state index is -4.37. The number of anilines is 1. The minimum Gasteiger partial charge on any atom is -0.354 e. The van der Waals surface area contributed by atoms with Gasteiger partial charge in [-0.3, -0.25) is 0 Å². The summed E-state index contributed by atoms with van der Waals surface area (Å²) in [7, 11) is 0. The fourth-order valence-electron chi connectivity index (χ4n) is 0.943. The number of alkyl halides is 3. The third-order valence-electron chi connectivity index (χ3n) is 1.79. The molecule has 1 aromatic rings. The van der Waals surface area contributed by atoms with Gasteiger partial charge in [0.15, 0.2) is 0 Å². The van der Waals surface area contributed by atoms with Crippen molar-refractivity contribution in [1.29, 1.82) is 0 Å². The maximum atomic E-state index is 12.1. The fourth-order valence-corrected chi connectivity index (χ4v) is 0.943. The maximum absolute atomic E-state index is 12.1. The van der Waals surface area contributed by atoms with E-state index in [0.717, 1.165) is 25.2 Å². The van der Waals surface area contributed by atoms with Crippen molar-refractivity contribution in [2.24, 2.45) is 0 Å². The van der Waals surface area contributed by atoms with Gasteiger partial charge in [0.05, 0.1) is 5.56 Å². The number of hydrogen-bond acceptors (Lipinski definition) is 3. The second-order valence-corrected chi connectivity index (χ2v) is 3.07. The van der Waals surface area contributed by atoms with Crippen molar-refractivity contribution in [3.05, 3.63) is 18.0 Å². The van der Waals surface area contributed by atoms with Crippen molar-refractivity contribution in [1.82, 2.24) is 9.97 Å². The number of aromatic nitrogens is 2. The Hall–Kier alpha value is -1.33. The molecule has 15 heavy (non-hydrogen) atoms. The zero-order valence-electron chi connectivity index (χ0n) is 8.30. The van der Waals surface area contributed by atoms with Crippen LogP contribution in [-0.4, -0.2) is 16.5 Å². The highest BCUT2D eigenvalue weighted by molar-refractivity contribution is 5.25. The summed E-state index contributed by atoms with van der Waals surface area (Å²) in [5, 5.41) is 2.83. The van der Waals surface area contributed by atoms with E-state index in [1.54, 1.807) is 0 Å². The first-order valence-electron chi connectivity index (χ1n) is 4.67. The fraction of sp³-hybridized carbons (Fsp3) is 0.556. The molecular weight excluding hydrogens is 207 g/mol. The minimum absolute atomic E-state index is 0.233. The van der Waals surface area contributed by atoms with Crippen molar-refractivity contribution in [3.63, 3.8) is 0 Å². The number of hydrogen-bond donors (Lipinski definition) is 1. The summed E-state index contributed by atoms with van der Waals surface area (Å²) >= 11 is 0. The number of nitrogens with zero attached hydrogens (tertiary/aromatic N) is 2. The Bertz CT molecular complexity index is 294. The summed E-state index contributed by atoms with van der Waals surface area (Å²) in [4.78, 5) is 7.15. The molecule has 0 fully saturated rings. The molecule has 6 heteroatoms. The van der Waals surface area contributed by atoms with Crippen LogP contribution in [0.25, 0.3) is 0 Å². The Labute approximate surface area is 85.7 Å². The monoisotopic (exact) mass is 219 g/mol. The zero-order chi connectivity index (χ0) is 11.3. The van der Waals surface area contributed by atoms with Gasteiger partial charge in [0.2, 0.25) is 5.95 Å². The van der Waals surface area contributed by atoms with Crippen LogP contribution in [-0.2, 0) is 6.18 Å². The van der Waals surface area contributed by atoms with Gasteiger partial charge < -0.3 is 5.32 Å². The van der Waals surface area contributed by atoms with Gasteiger partial charge in [-0.05, 0) is 6.42 Å². The molecule has 84 valence electrons. The van der Waals surface area contributed by atoms with Crippen LogP contribution in [0.4, 0.5) is 19.1 Å². The summed E-state index contributed by atoms with van der Waals surface area (Å²) in [6.07, 6.45) is -0.872. The highest BCUT2D eigenvalue weighted by Gasteiger charge is 2.31. The van der Waals surface area contributed by atoms with Gasteiger partial charge in [0.1, 0.15) is 0 Å². The summed E-state index contributed by atoms with van der Waals surface area (Å²) in [5.74, 6) is 0.233. The van der Waals surface area contributed by atoms with E-state index in [9.17, 15) is 13.2 Å². The molecule has 0 atom stereocenters. The largest absolute Gasteiger partial charge is 0.419 e. The van der Waals surface area contributed by atoms with E-state index in [1.807, 2.05) is 6.92 Å². The molecule has 0 amide bonds. The van der Waals surface area contributed by atoms with Crippen LogP contribution >= 0.6 is 0 Å². The summed E-state index contributed by atoms with van der Waals surface area (Å²) in [6, 6.07) is 0. The van der Waals surface area contributed by atoms with E-state index < -0.39 is 11.7 Å². The van der Waals surface area contributed by atoms with Crippen LogP contribution < -0.4 is 5.32 Å². The molecule has 0 saturated carbocycles. The standard InChI is InChI=1S/C9H12F3N3/c1-2-3-4-13-8-14-5-7(6-15-8)9(10,11)12/h5-6H,2-4H2,1H3,(H,13,14,15). The Morgan fingerprint density at radius 3 is 2.33 bits per heavy atom. The van der Waals surface area contributed by atoms with Crippen molar-refractivity contribution in [2.45, 2.75) is 25.9 Å². The van der Waals surface area contributed by atoms with Gasteiger partial charge in [-0.15, -0.1) is 0 Å². The molecule has 0 aromatic carbocycles. The van der Waals surface area contributed by atoms with Crippen LogP contribution in [0.1, 0.15) is 25.3 Å². The molecular formula is C9H12F3N3. The van der Waals surface area contributed by atoms with Crippen molar-refractivity contribution < 1.29 is 13.2 Å². The van der Waals surface area contributed by atoms with E-state index in [-0.39, 0.29) is 5.95 Å². The molecule has 1 N–H and O–H groups in total.